The second-order valence-corrected chi connectivity index (χ2v) is 6.12. The van der Waals surface area contributed by atoms with Crippen molar-refractivity contribution in [1.29, 1.82) is 0 Å². The van der Waals surface area contributed by atoms with Crippen molar-refractivity contribution in [3.05, 3.63) is 0 Å². The molecular formula is C12H12F11NO3. The van der Waals surface area contributed by atoms with Gasteiger partial charge in [0, 0.05) is 0 Å². The summed E-state index contributed by atoms with van der Waals surface area (Å²) >= 11 is 0. The minimum Gasteiger partial charge on any atom is -0.369 e. The number of carbonyl (C=O) groups excluding carboxylic acids is 1. The molecule has 0 aromatic rings. The van der Waals surface area contributed by atoms with Crippen LogP contribution in [0.3, 0.4) is 0 Å². The predicted octanol–water partition coefficient (Wildman–Crippen LogP) is 3.30. The Bertz CT molecular complexity index is 583. The summed E-state index contributed by atoms with van der Waals surface area (Å²) in [5.74, 6) is -9.08. The van der Waals surface area contributed by atoms with Gasteiger partial charge in [-0.15, -0.1) is 0 Å². The van der Waals surface area contributed by atoms with E-state index in [-0.39, 0.29) is 6.42 Å². The highest BCUT2D eigenvalue weighted by molar-refractivity contribution is 5.84. The minimum absolute atomic E-state index is 0.346. The molecule has 4 nitrogen and oxygen atoms in total. The van der Waals surface area contributed by atoms with Crippen molar-refractivity contribution in [1.82, 2.24) is 5.32 Å². The topological polar surface area (TPSA) is 58.6 Å². The molecule has 1 fully saturated rings. The van der Waals surface area contributed by atoms with Crippen LogP contribution in [0.15, 0.2) is 0 Å². The molecule has 1 aliphatic rings. The van der Waals surface area contributed by atoms with Gasteiger partial charge in [0.25, 0.3) is 0 Å². The Morgan fingerprint density at radius 3 is 1.67 bits per heavy atom. The zero-order chi connectivity index (χ0) is 21.9. The van der Waals surface area contributed by atoms with Crippen molar-refractivity contribution in [3.8, 4) is 0 Å². The number of halogens is 11. The van der Waals surface area contributed by atoms with E-state index in [9.17, 15) is 53.1 Å². The van der Waals surface area contributed by atoms with Crippen molar-refractivity contribution in [3.63, 3.8) is 0 Å². The van der Waals surface area contributed by atoms with Crippen LogP contribution in [0.25, 0.3) is 0 Å². The Morgan fingerprint density at radius 2 is 1.41 bits per heavy atom. The molecule has 27 heavy (non-hydrogen) atoms. The molecule has 0 aromatic heterocycles. The van der Waals surface area contributed by atoms with Gasteiger partial charge in [-0.3, -0.25) is 4.79 Å². The molecule has 2 unspecified atom stereocenters. The highest BCUT2D eigenvalue weighted by Gasteiger charge is 2.92. The number of nitrogens with one attached hydrogen (secondary N) is 1. The second kappa shape index (κ2) is 6.06. The van der Waals surface area contributed by atoms with E-state index >= 15 is 0 Å². The average Bonchev–Trinajstić information content (AvgIpc) is 2.45. The van der Waals surface area contributed by atoms with E-state index in [1.807, 2.05) is 0 Å². The number of amides is 1. The molecule has 15 heteroatoms. The summed E-state index contributed by atoms with van der Waals surface area (Å²) in [6.45, 7) is 0.486. The largest absolute Gasteiger partial charge is 0.443 e. The summed E-state index contributed by atoms with van der Waals surface area (Å²) in [7, 11) is 0. The first-order valence-corrected chi connectivity index (χ1v) is 6.91. The Morgan fingerprint density at radius 1 is 1.00 bits per heavy atom. The van der Waals surface area contributed by atoms with Gasteiger partial charge in [-0.2, -0.15) is 48.3 Å². The van der Waals surface area contributed by atoms with Gasteiger partial charge in [-0.25, -0.2) is 0 Å². The summed E-state index contributed by atoms with van der Waals surface area (Å²) in [5.41, 5.74) is -14.9. The van der Waals surface area contributed by atoms with E-state index in [0.29, 0.717) is 5.32 Å². The van der Waals surface area contributed by atoms with Gasteiger partial charge in [0.1, 0.15) is 0 Å². The Kier molecular flexibility index (Phi) is 5.31. The third-order valence-electron chi connectivity index (χ3n) is 4.34. The molecule has 2 N–H and O–H groups in total. The molecule has 1 heterocycles. The van der Waals surface area contributed by atoms with Gasteiger partial charge in [0.15, 0.2) is 0 Å². The molecule has 0 aromatic carbocycles. The van der Waals surface area contributed by atoms with Gasteiger partial charge in [-0.1, -0.05) is 6.92 Å². The van der Waals surface area contributed by atoms with E-state index < -0.39 is 53.7 Å². The number of hydrogen-bond acceptors (Lipinski definition) is 3. The van der Waals surface area contributed by atoms with Crippen LogP contribution in [-0.4, -0.2) is 53.4 Å². The summed E-state index contributed by atoms with van der Waals surface area (Å²) < 4.78 is 149. The standard InChI is InChI=1S/C12H12F11NO3/c1-3-6(2)4-27-9(12(21,22)23,24-5(6)25)8(13,14)7(26,10(15,16)17)11(18,19)20/h26H,3-4H2,1-2H3,(H,24,25). The zero-order valence-corrected chi connectivity index (χ0v) is 13.3. The van der Waals surface area contributed by atoms with Crippen LogP contribution < -0.4 is 5.32 Å². The van der Waals surface area contributed by atoms with Crippen molar-refractivity contribution < 1.29 is 62.9 Å². The summed E-state index contributed by atoms with van der Waals surface area (Å²) in [5, 5.41) is 9.24. The number of carbonyl (C=O) groups is 1. The lowest BCUT2D eigenvalue weighted by atomic mass is 9.80. The van der Waals surface area contributed by atoms with Crippen LogP contribution >= 0.6 is 0 Å². The molecule has 2 atom stereocenters. The van der Waals surface area contributed by atoms with Crippen LogP contribution in [0.5, 0.6) is 0 Å². The monoisotopic (exact) mass is 427 g/mol. The van der Waals surface area contributed by atoms with Gasteiger partial charge in [0.2, 0.25) is 5.91 Å². The maximum atomic E-state index is 14.3. The molecule has 1 amide bonds. The Labute approximate surface area is 143 Å². The fourth-order valence-corrected chi connectivity index (χ4v) is 2.21. The summed E-state index contributed by atoms with van der Waals surface area (Å²) in [4.78, 5) is 11.8. The maximum Gasteiger partial charge on any atom is 0.443 e. The molecule has 0 radical (unpaired) electrons. The molecule has 1 rings (SSSR count). The number of hydrogen-bond donors (Lipinski definition) is 2. The molecule has 1 aliphatic heterocycles. The normalized spacial score (nSPS) is 28.9. The Hall–Kier alpha value is -1.38. The van der Waals surface area contributed by atoms with Gasteiger partial charge in [-0.05, 0) is 13.3 Å². The average molecular weight is 427 g/mol. The van der Waals surface area contributed by atoms with Crippen molar-refractivity contribution in [2.24, 2.45) is 5.41 Å². The highest BCUT2D eigenvalue weighted by atomic mass is 19.4. The van der Waals surface area contributed by atoms with E-state index in [1.54, 1.807) is 0 Å². The van der Waals surface area contributed by atoms with Crippen molar-refractivity contribution in [2.45, 2.75) is 56.0 Å². The number of ether oxygens (including phenoxy) is 1. The van der Waals surface area contributed by atoms with Crippen LogP contribution in [0, 0.1) is 5.41 Å². The van der Waals surface area contributed by atoms with Crippen LogP contribution in [0.4, 0.5) is 48.3 Å². The molecule has 0 spiro atoms. The predicted molar refractivity (Wildman–Crippen MR) is 63.3 cm³/mol. The third kappa shape index (κ3) is 3.02. The molecular weight excluding hydrogens is 415 g/mol. The van der Waals surface area contributed by atoms with E-state index in [4.69, 9.17) is 5.11 Å². The lowest BCUT2D eigenvalue weighted by molar-refractivity contribution is -0.475. The first-order valence-electron chi connectivity index (χ1n) is 6.91. The Balaban J connectivity index is 3.77. The van der Waals surface area contributed by atoms with Gasteiger partial charge >= 0.3 is 35.8 Å². The van der Waals surface area contributed by atoms with Crippen LogP contribution in [0.1, 0.15) is 20.3 Å². The molecule has 1 saturated heterocycles. The summed E-state index contributed by atoms with van der Waals surface area (Å²) in [6, 6.07) is 0. The fraction of sp³-hybridized carbons (Fsp3) is 0.917. The number of alkyl halides is 11. The minimum atomic E-state index is -7.31. The molecule has 0 aliphatic carbocycles. The second-order valence-electron chi connectivity index (χ2n) is 6.12. The third-order valence-corrected chi connectivity index (χ3v) is 4.34. The lowest BCUT2D eigenvalue weighted by Gasteiger charge is -2.52. The summed E-state index contributed by atoms with van der Waals surface area (Å²) in [6.07, 6.45) is -21.6. The van der Waals surface area contributed by atoms with E-state index in [0.717, 1.165) is 6.92 Å². The first-order chi connectivity index (χ1) is 11.6. The fourth-order valence-electron chi connectivity index (χ4n) is 2.21. The molecule has 0 saturated carbocycles. The smallest absolute Gasteiger partial charge is 0.369 e. The zero-order valence-electron chi connectivity index (χ0n) is 13.3. The highest BCUT2D eigenvalue weighted by Crippen LogP contribution is 2.59. The number of rotatable bonds is 3. The maximum absolute atomic E-state index is 14.3. The first kappa shape index (κ1) is 23.7. The molecule has 0 bridgehead atoms. The van der Waals surface area contributed by atoms with Gasteiger partial charge in [0.05, 0.1) is 12.0 Å². The van der Waals surface area contributed by atoms with Crippen LogP contribution in [-0.2, 0) is 9.53 Å². The number of aliphatic hydroxyl groups is 1. The van der Waals surface area contributed by atoms with E-state index in [1.165, 1.54) is 6.92 Å². The molecule has 160 valence electrons. The van der Waals surface area contributed by atoms with Crippen molar-refractivity contribution in [2.75, 3.05) is 6.61 Å². The lowest BCUT2D eigenvalue weighted by Crippen LogP contribution is -2.84. The van der Waals surface area contributed by atoms with Gasteiger partial charge < -0.3 is 15.2 Å². The van der Waals surface area contributed by atoms with Crippen LogP contribution in [0.2, 0.25) is 0 Å². The SMILES string of the molecule is CCC1(C)COC(C(F)(F)F)(C(F)(F)C(O)(C(F)(F)F)C(F)(F)F)NC1=O. The van der Waals surface area contributed by atoms with E-state index in [2.05, 4.69) is 4.74 Å². The van der Waals surface area contributed by atoms with Crippen molar-refractivity contribution >= 4 is 5.91 Å². The quantitative estimate of drug-likeness (QED) is 0.680.